The molecule has 2 amide bonds. The summed E-state index contributed by atoms with van der Waals surface area (Å²) < 4.78 is 0.388. The average molecular weight is 457 g/mol. The quantitative estimate of drug-likeness (QED) is 0.229. The molecule has 0 bridgehead atoms. The van der Waals surface area contributed by atoms with E-state index in [1.807, 2.05) is 30.3 Å². The Morgan fingerprint density at radius 1 is 1.03 bits per heavy atom. The third kappa shape index (κ3) is 10.7. The minimum Gasteiger partial charge on any atom is -0.481 e. The summed E-state index contributed by atoms with van der Waals surface area (Å²) in [6, 6.07) is 7.28. The molecule has 12 heteroatoms. The number of hydrogen-bond acceptors (Lipinski definition) is 7. The first-order chi connectivity index (χ1) is 14.2. The fourth-order valence-electron chi connectivity index (χ4n) is 2.14. The second kappa shape index (κ2) is 13.5. The van der Waals surface area contributed by atoms with Crippen LogP contribution in [0.1, 0.15) is 18.4 Å². The molecular formula is C18H24N4O6S2. The Kier molecular flexibility index (Phi) is 11.4. The molecule has 2 atom stereocenters. The zero-order chi connectivity index (χ0) is 22.5. The summed E-state index contributed by atoms with van der Waals surface area (Å²) in [6.45, 7) is -0.132. The molecule has 0 saturated carbocycles. The molecule has 7 N–H and O–H groups in total. The second-order valence-corrected chi connectivity index (χ2v) is 7.85. The number of carbonyl (C=O) groups is 4. The maximum Gasteiger partial charge on any atom is 0.322 e. The van der Waals surface area contributed by atoms with Gasteiger partial charge in [0, 0.05) is 18.7 Å². The number of thiocarbonyl (C=S) groups is 1. The van der Waals surface area contributed by atoms with Crippen LogP contribution in [-0.4, -0.2) is 62.7 Å². The molecule has 0 radical (unpaired) electrons. The predicted molar refractivity (Wildman–Crippen MR) is 116 cm³/mol. The van der Waals surface area contributed by atoms with Crippen molar-refractivity contribution in [3.8, 4) is 0 Å². The van der Waals surface area contributed by atoms with Crippen molar-refractivity contribution >= 4 is 52.1 Å². The van der Waals surface area contributed by atoms with Crippen molar-refractivity contribution in [3.05, 3.63) is 35.9 Å². The monoisotopic (exact) mass is 456 g/mol. The lowest BCUT2D eigenvalue weighted by molar-refractivity contribution is -0.138. The number of carbonyl (C=O) groups excluding carboxylic acids is 2. The predicted octanol–water partition coefficient (Wildman–Crippen LogP) is -0.328. The van der Waals surface area contributed by atoms with Crippen LogP contribution in [0.15, 0.2) is 30.3 Å². The van der Waals surface area contributed by atoms with Crippen molar-refractivity contribution in [1.29, 1.82) is 0 Å². The highest BCUT2D eigenvalue weighted by molar-refractivity contribution is 8.23. The van der Waals surface area contributed by atoms with E-state index in [1.54, 1.807) is 0 Å². The summed E-state index contributed by atoms with van der Waals surface area (Å²) in [4.78, 5) is 45.7. The minimum absolute atomic E-state index is 0.0312. The number of nitrogens with one attached hydrogen (secondary N) is 3. The second-order valence-electron chi connectivity index (χ2n) is 6.15. The molecular weight excluding hydrogens is 432 g/mol. The average Bonchev–Trinajstić information content (AvgIpc) is 2.72. The van der Waals surface area contributed by atoms with Gasteiger partial charge in [-0.15, -0.1) is 0 Å². The first kappa shape index (κ1) is 25.3. The zero-order valence-electron chi connectivity index (χ0n) is 16.0. The molecule has 0 unspecified atom stereocenters. The number of benzene rings is 1. The maximum absolute atomic E-state index is 12.3. The smallest absolute Gasteiger partial charge is 0.322 e. The molecule has 164 valence electrons. The van der Waals surface area contributed by atoms with Crippen molar-refractivity contribution in [1.82, 2.24) is 16.0 Å². The van der Waals surface area contributed by atoms with E-state index in [4.69, 9.17) is 28.2 Å². The summed E-state index contributed by atoms with van der Waals surface area (Å²) in [6.07, 6.45) is -0.401. The zero-order valence-corrected chi connectivity index (χ0v) is 17.6. The topological polar surface area (TPSA) is 171 Å². The summed E-state index contributed by atoms with van der Waals surface area (Å²) in [5.41, 5.74) is 6.67. The number of carboxylic acid groups (broad SMARTS) is 2. The molecule has 0 aliphatic heterocycles. The molecule has 0 saturated heterocycles. The van der Waals surface area contributed by atoms with Gasteiger partial charge in [0.1, 0.15) is 16.9 Å². The Morgan fingerprint density at radius 3 is 2.30 bits per heavy atom. The van der Waals surface area contributed by atoms with Crippen molar-refractivity contribution in [2.45, 2.75) is 31.5 Å². The molecule has 1 rings (SSSR count). The van der Waals surface area contributed by atoms with Crippen LogP contribution < -0.4 is 21.7 Å². The number of hydrogen-bond donors (Lipinski definition) is 6. The number of thioether (sulfide) groups is 1. The third-order valence-electron chi connectivity index (χ3n) is 3.71. The first-order valence-corrected chi connectivity index (χ1v) is 10.3. The lowest BCUT2D eigenvalue weighted by Gasteiger charge is -2.20. The van der Waals surface area contributed by atoms with E-state index in [1.165, 1.54) is 0 Å². The molecule has 1 aromatic carbocycles. The molecule has 0 aromatic heterocycles. The molecule has 0 aliphatic rings. The summed E-state index contributed by atoms with van der Waals surface area (Å²) in [7, 11) is 0. The molecule has 10 nitrogen and oxygen atoms in total. The maximum atomic E-state index is 12.3. The van der Waals surface area contributed by atoms with Crippen molar-refractivity contribution in [2.24, 2.45) is 5.73 Å². The van der Waals surface area contributed by atoms with Crippen LogP contribution in [0.4, 0.5) is 0 Å². The van der Waals surface area contributed by atoms with Crippen molar-refractivity contribution in [2.75, 3.05) is 12.3 Å². The molecule has 0 spiro atoms. The first-order valence-electron chi connectivity index (χ1n) is 8.90. The summed E-state index contributed by atoms with van der Waals surface area (Å²) in [5, 5.41) is 25.0. The number of carboxylic acids is 2. The number of aliphatic carboxylic acids is 2. The largest absolute Gasteiger partial charge is 0.481 e. The highest BCUT2D eigenvalue weighted by Gasteiger charge is 2.25. The Hall–Kier alpha value is -2.70. The third-order valence-corrected chi connectivity index (χ3v) is 5.12. The minimum atomic E-state index is -1.24. The van der Waals surface area contributed by atoms with Gasteiger partial charge < -0.3 is 31.9 Å². The van der Waals surface area contributed by atoms with Crippen LogP contribution in [0.2, 0.25) is 0 Å². The number of nitrogens with two attached hydrogens (primary N) is 1. The van der Waals surface area contributed by atoms with Gasteiger partial charge in [0.15, 0.2) is 0 Å². The Balaban J connectivity index is 2.62. The highest BCUT2D eigenvalue weighted by Crippen LogP contribution is 2.08. The van der Waals surface area contributed by atoms with E-state index in [0.29, 0.717) is 10.9 Å². The van der Waals surface area contributed by atoms with Gasteiger partial charge in [0.25, 0.3) is 0 Å². The standard InChI is InChI=1S/C18H24N4O6S2/c19-12(6-7-14(23)24)16(27)22-13(17(28)20-9-15(25)26)10-30-18(29)21-8-11-4-2-1-3-5-11/h1-5,12-13H,6-10,19H2,(H,20,28)(H,21,29)(H,22,27)(H,23,24)(H,25,26)/t12-,13-/m0/s1. The van der Waals surface area contributed by atoms with Gasteiger partial charge in [-0.1, -0.05) is 54.3 Å². The lowest BCUT2D eigenvalue weighted by atomic mass is 10.1. The fraction of sp³-hybridized carbons (Fsp3) is 0.389. The Morgan fingerprint density at radius 2 is 1.70 bits per heavy atom. The van der Waals surface area contributed by atoms with E-state index >= 15 is 0 Å². The Bertz CT molecular complexity index is 762. The molecule has 30 heavy (non-hydrogen) atoms. The molecule has 0 aliphatic carbocycles. The van der Waals surface area contributed by atoms with Crippen LogP contribution in [0, 0.1) is 0 Å². The molecule has 0 heterocycles. The van der Waals surface area contributed by atoms with E-state index in [9.17, 15) is 19.2 Å². The van der Waals surface area contributed by atoms with Crippen LogP contribution in [0.3, 0.4) is 0 Å². The van der Waals surface area contributed by atoms with Gasteiger partial charge in [0.2, 0.25) is 11.8 Å². The fourth-order valence-corrected chi connectivity index (χ4v) is 3.14. The SMILES string of the molecule is N[C@@H](CCC(=O)O)C(=O)N[C@@H](CSC(=S)NCc1ccccc1)C(=O)NCC(=O)O. The Labute approximate surface area is 183 Å². The van der Waals surface area contributed by atoms with Gasteiger partial charge in [0.05, 0.1) is 6.04 Å². The van der Waals surface area contributed by atoms with Crippen LogP contribution >= 0.6 is 24.0 Å². The van der Waals surface area contributed by atoms with Gasteiger partial charge in [-0.05, 0) is 12.0 Å². The summed E-state index contributed by atoms with van der Waals surface area (Å²) in [5.74, 6) is -3.73. The van der Waals surface area contributed by atoms with E-state index in [2.05, 4.69) is 16.0 Å². The van der Waals surface area contributed by atoms with Crippen molar-refractivity contribution in [3.63, 3.8) is 0 Å². The van der Waals surface area contributed by atoms with Gasteiger partial charge in [-0.3, -0.25) is 19.2 Å². The normalized spacial score (nSPS) is 12.3. The van der Waals surface area contributed by atoms with E-state index in [-0.39, 0.29) is 18.6 Å². The van der Waals surface area contributed by atoms with Crippen LogP contribution in [-0.2, 0) is 25.7 Å². The highest BCUT2D eigenvalue weighted by atomic mass is 32.2. The molecule has 0 fully saturated rings. The lowest BCUT2D eigenvalue weighted by Crippen LogP contribution is -2.53. The number of rotatable bonds is 12. The van der Waals surface area contributed by atoms with E-state index in [0.717, 1.165) is 17.3 Å². The molecule has 1 aromatic rings. The van der Waals surface area contributed by atoms with Gasteiger partial charge >= 0.3 is 11.9 Å². The van der Waals surface area contributed by atoms with Crippen LogP contribution in [0.25, 0.3) is 0 Å². The van der Waals surface area contributed by atoms with Crippen LogP contribution in [0.5, 0.6) is 0 Å². The van der Waals surface area contributed by atoms with Gasteiger partial charge in [-0.25, -0.2) is 0 Å². The van der Waals surface area contributed by atoms with Crippen molar-refractivity contribution < 1.29 is 29.4 Å². The van der Waals surface area contributed by atoms with Gasteiger partial charge in [-0.2, -0.15) is 0 Å². The number of amides is 2. The summed E-state index contributed by atoms with van der Waals surface area (Å²) >= 11 is 6.32. The van der Waals surface area contributed by atoms with E-state index < -0.39 is 42.4 Å².